The molecule has 1 aromatic rings. The molecule has 0 aliphatic carbocycles. The van der Waals surface area contributed by atoms with E-state index in [4.69, 9.17) is 23.2 Å². The minimum absolute atomic E-state index is 0.161. The van der Waals surface area contributed by atoms with Gasteiger partial charge in [-0.05, 0) is 77.4 Å². The van der Waals surface area contributed by atoms with Crippen molar-refractivity contribution in [3.05, 3.63) is 28.2 Å². The minimum Gasteiger partial charge on any atom is -0.324 e. The Hall–Kier alpha value is -2.16. The lowest BCUT2D eigenvalue weighted by atomic mass is 10.3. The summed E-state index contributed by atoms with van der Waals surface area (Å²) in [5, 5.41) is 6.48. The third-order valence-corrected chi connectivity index (χ3v) is 5.85. The van der Waals surface area contributed by atoms with Gasteiger partial charge in [-0.3, -0.25) is 24.8 Å². The molecule has 0 aromatic heterocycles. The molecule has 2 aliphatic rings. The van der Waals surface area contributed by atoms with Crippen molar-refractivity contribution >= 4 is 52.6 Å². The summed E-state index contributed by atoms with van der Waals surface area (Å²) in [5.41, 5.74) is 0.654. The molecular formula is C21H28Cl2N6O2. The fraction of sp³-hybridized carbons (Fsp3) is 0.524. The van der Waals surface area contributed by atoms with Gasteiger partial charge in [-0.1, -0.05) is 23.2 Å². The average Bonchev–Trinajstić information content (AvgIpc) is 3.32. The van der Waals surface area contributed by atoms with Gasteiger partial charge in [-0.2, -0.15) is 4.99 Å². The quantitative estimate of drug-likeness (QED) is 0.279. The van der Waals surface area contributed by atoms with Crippen LogP contribution in [-0.4, -0.2) is 65.8 Å². The van der Waals surface area contributed by atoms with Gasteiger partial charge in [0.2, 0.25) is 11.9 Å². The maximum Gasteiger partial charge on any atom is 0.319 e. The lowest BCUT2D eigenvalue weighted by molar-refractivity contribution is -0.140. The Bertz CT molecular complexity index is 881. The highest BCUT2D eigenvalue weighted by atomic mass is 35.5. The molecule has 0 bridgehead atoms. The van der Waals surface area contributed by atoms with Crippen molar-refractivity contribution in [1.82, 2.24) is 15.1 Å². The molecule has 3 rings (SSSR count). The molecule has 2 N–H and O–H groups in total. The summed E-state index contributed by atoms with van der Waals surface area (Å²) in [6.45, 7) is 7.63. The number of likely N-dealkylation sites (tertiary alicyclic amines) is 1. The van der Waals surface area contributed by atoms with Crippen LogP contribution in [0.1, 0.15) is 39.5 Å². The number of rotatable bonds is 7. The molecule has 31 heavy (non-hydrogen) atoms. The van der Waals surface area contributed by atoms with Crippen molar-refractivity contribution in [3.8, 4) is 0 Å². The number of carbonyl (C=O) groups excluding carboxylic acids is 2. The highest BCUT2D eigenvalue weighted by molar-refractivity contribution is 6.46. The van der Waals surface area contributed by atoms with Crippen molar-refractivity contribution in [1.29, 1.82) is 0 Å². The van der Waals surface area contributed by atoms with Gasteiger partial charge in [0, 0.05) is 18.3 Å². The summed E-state index contributed by atoms with van der Waals surface area (Å²) in [5.74, 6) is -0.885. The van der Waals surface area contributed by atoms with E-state index in [0.29, 0.717) is 22.3 Å². The van der Waals surface area contributed by atoms with Gasteiger partial charge in [-0.15, -0.1) is 0 Å². The number of aliphatic imine (C=N–C) groups is 2. The summed E-state index contributed by atoms with van der Waals surface area (Å²) >= 11 is 12.1. The predicted octanol–water partition coefficient (Wildman–Crippen LogP) is 3.36. The minimum atomic E-state index is -0.702. The molecule has 0 atom stereocenters. The molecule has 8 nitrogen and oxygen atoms in total. The third-order valence-electron chi connectivity index (χ3n) is 5.11. The maximum atomic E-state index is 12.1. The lowest BCUT2D eigenvalue weighted by Crippen LogP contribution is -2.39. The molecule has 0 radical (unpaired) electrons. The second-order valence-corrected chi connectivity index (χ2v) is 8.69. The van der Waals surface area contributed by atoms with Gasteiger partial charge in [-0.25, -0.2) is 0 Å². The van der Waals surface area contributed by atoms with E-state index in [9.17, 15) is 9.59 Å². The Balaban J connectivity index is 1.73. The number of unbranched alkanes of at least 4 members (excludes halogenated alkanes) is 1. The molecule has 2 aliphatic heterocycles. The van der Waals surface area contributed by atoms with Gasteiger partial charge < -0.3 is 10.2 Å². The monoisotopic (exact) mass is 466 g/mol. The van der Waals surface area contributed by atoms with Crippen LogP contribution < -0.4 is 10.6 Å². The van der Waals surface area contributed by atoms with Crippen molar-refractivity contribution in [2.45, 2.75) is 45.6 Å². The Morgan fingerprint density at radius 1 is 1.16 bits per heavy atom. The van der Waals surface area contributed by atoms with Crippen LogP contribution in [-0.2, 0) is 9.59 Å². The third kappa shape index (κ3) is 6.41. The van der Waals surface area contributed by atoms with Crippen LogP contribution in [0.2, 0.25) is 10.0 Å². The van der Waals surface area contributed by atoms with Crippen molar-refractivity contribution in [2.75, 3.05) is 31.5 Å². The van der Waals surface area contributed by atoms with E-state index in [1.54, 1.807) is 18.2 Å². The number of hydrogen-bond donors (Lipinski definition) is 2. The summed E-state index contributed by atoms with van der Waals surface area (Å²) in [6.07, 6.45) is 4.52. The molecule has 168 valence electrons. The Morgan fingerprint density at radius 3 is 2.58 bits per heavy atom. The Kier molecular flexibility index (Phi) is 8.28. The van der Waals surface area contributed by atoms with Gasteiger partial charge in [0.25, 0.3) is 0 Å². The van der Waals surface area contributed by atoms with E-state index in [-0.39, 0.29) is 18.0 Å². The number of guanidine groups is 2. The van der Waals surface area contributed by atoms with Crippen LogP contribution in [0, 0.1) is 0 Å². The zero-order chi connectivity index (χ0) is 22.4. The smallest absolute Gasteiger partial charge is 0.319 e. The van der Waals surface area contributed by atoms with Crippen LogP contribution in [0.5, 0.6) is 0 Å². The second kappa shape index (κ2) is 10.9. The van der Waals surface area contributed by atoms with E-state index >= 15 is 0 Å². The van der Waals surface area contributed by atoms with E-state index in [1.807, 2.05) is 13.8 Å². The largest absolute Gasteiger partial charge is 0.324 e. The molecule has 0 spiro atoms. The molecule has 0 unspecified atom stereocenters. The number of anilines is 1. The van der Waals surface area contributed by atoms with Crippen molar-refractivity contribution in [3.63, 3.8) is 0 Å². The van der Waals surface area contributed by atoms with Crippen LogP contribution in [0.25, 0.3) is 0 Å². The molecule has 10 heteroatoms. The van der Waals surface area contributed by atoms with Gasteiger partial charge in [0.05, 0.1) is 10.0 Å². The second-order valence-electron chi connectivity index (χ2n) is 7.87. The topological polar surface area (TPSA) is 89.4 Å². The number of nitrogens with zero attached hydrogens (tertiary/aromatic N) is 4. The van der Waals surface area contributed by atoms with Crippen LogP contribution >= 0.6 is 23.2 Å². The average molecular weight is 467 g/mol. The Labute approximate surface area is 192 Å². The summed E-state index contributed by atoms with van der Waals surface area (Å²) in [4.78, 5) is 36.8. The van der Waals surface area contributed by atoms with E-state index in [2.05, 4.69) is 25.5 Å². The zero-order valence-electron chi connectivity index (χ0n) is 17.8. The highest BCUT2D eigenvalue weighted by Crippen LogP contribution is 2.25. The summed E-state index contributed by atoms with van der Waals surface area (Å²) in [7, 11) is 0. The molecule has 2 fully saturated rings. The molecular weight excluding hydrogens is 439 g/mol. The first-order valence-corrected chi connectivity index (χ1v) is 11.3. The molecule has 2 saturated heterocycles. The fourth-order valence-corrected chi connectivity index (χ4v) is 3.82. The molecule has 0 saturated carbocycles. The maximum absolute atomic E-state index is 12.1. The summed E-state index contributed by atoms with van der Waals surface area (Å²) in [6, 6.07) is 4.88. The first kappa shape index (κ1) is 23.5. The number of amides is 2. The van der Waals surface area contributed by atoms with Crippen LogP contribution in [0.15, 0.2) is 28.2 Å². The summed E-state index contributed by atoms with van der Waals surface area (Å²) < 4.78 is 0. The van der Waals surface area contributed by atoms with Gasteiger partial charge in [0.1, 0.15) is 0 Å². The highest BCUT2D eigenvalue weighted by Gasteiger charge is 2.37. The number of nitrogens with one attached hydrogen (secondary N) is 2. The van der Waals surface area contributed by atoms with Gasteiger partial charge >= 0.3 is 11.8 Å². The number of carbonyl (C=O) groups is 2. The number of benzene rings is 1. The SMILES string of the molecule is CC(C)N1C(=O)C(=O)NC1=NC(=NCCCCN1CCCC1)Nc1ccc(Cl)c(Cl)c1. The molecule has 2 amide bonds. The molecule has 2 heterocycles. The zero-order valence-corrected chi connectivity index (χ0v) is 19.3. The Morgan fingerprint density at radius 2 is 1.90 bits per heavy atom. The van der Waals surface area contributed by atoms with Crippen LogP contribution in [0.4, 0.5) is 5.69 Å². The van der Waals surface area contributed by atoms with Crippen LogP contribution in [0.3, 0.4) is 0 Å². The standard InChI is InChI=1S/C21H28Cl2N6O2/c1-14(2)29-19(31)18(30)26-21(29)27-20(25-15-7-8-16(22)17(23)13-15)24-9-3-4-10-28-11-5-6-12-28/h7-8,13-14H,3-6,9-12H2,1-2H3,(H2,24,25,26,27,30). The lowest BCUT2D eigenvalue weighted by Gasteiger charge is -2.19. The first-order valence-electron chi connectivity index (χ1n) is 10.6. The van der Waals surface area contributed by atoms with Crippen molar-refractivity contribution < 1.29 is 9.59 Å². The van der Waals surface area contributed by atoms with E-state index in [1.165, 1.54) is 30.8 Å². The number of halogens is 2. The fourth-order valence-electron chi connectivity index (χ4n) is 3.53. The number of hydrogen-bond acceptors (Lipinski definition) is 4. The van der Waals surface area contributed by atoms with E-state index < -0.39 is 11.8 Å². The van der Waals surface area contributed by atoms with Gasteiger partial charge in [0.15, 0.2) is 0 Å². The van der Waals surface area contributed by atoms with E-state index in [0.717, 1.165) is 19.4 Å². The van der Waals surface area contributed by atoms with Crippen molar-refractivity contribution in [2.24, 2.45) is 9.98 Å². The molecule has 1 aromatic carbocycles. The normalized spacial score (nSPS) is 19.1. The first-order chi connectivity index (χ1) is 14.8. The predicted molar refractivity (Wildman–Crippen MR) is 125 cm³/mol.